The Labute approximate surface area is 93.4 Å². The highest BCUT2D eigenvalue weighted by atomic mass is 15.1. The molecule has 1 rings (SSSR count). The molecule has 0 bridgehead atoms. The first-order valence-electron chi connectivity index (χ1n) is 5.69. The van der Waals surface area contributed by atoms with Gasteiger partial charge < -0.3 is 0 Å². The Morgan fingerprint density at radius 1 is 1.33 bits per heavy atom. The monoisotopic (exact) mass is 203 g/mol. The van der Waals surface area contributed by atoms with Crippen LogP contribution in [0, 0.1) is 0 Å². The van der Waals surface area contributed by atoms with Gasteiger partial charge in [0.25, 0.3) is 0 Å². The maximum absolute atomic E-state index is 3.80. The van der Waals surface area contributed by atoms with E-state index in [2.05, 4.69) is 56.5 Å². The van der Waals surface area contributed by atoms with Crippen LogP contribution in [0.15, 0.2) is 30.8 Å². The van der Waals surface area contributed by atoms with Gasteiger partial charge in [0.1, 0.15) is 0 Å². The lowest BCUT2D eigenvalue weighted by molar-refractivity contribution is 0.234. The molecule has 0 aliphatic carbocycles. The number of hydrogen-bond donors (Lipinski definition) is 0. The van der Waals surface area contributed by atoms with E-state index in [1.54, 1.807) is 0 Å². The second kappa shape index (κ2) is 5.72. The van der Waals surface area contributed by atoms with Crippen LogP contribution in [-0.2, 0) is 0 Å². The first kappa shape index (κ1) is 12.0. The van der Waals surface area contributed by atoms with Crippen LogP contribution in [-0.4, -0.2) is 18.0 Å². The highest BCUT2D eigenvalue weighted by Crippen LogP contribution is 2.20. The smallest absolute Gasteiger partial charge is 0.0319 e. The van der Waals surface area contributed by atoms with Crippen LogP contribution in [0.5, 0.6) is 0 Å². The molecule has 82 valence electrons. The largest absolute Gasteiger partial charge is 0.297 e. The molecule has 0 heterocycles. The predicted octanol–water partition coefficient (Wildman–Crippen LogP) is 3.73. The highest BCUT2D eigenvalue weighted by molar-refractivity contribution is 5.48. The summed E-state index contributed by atoms with van der Waals surface area (Å²) in [6.45, 7) is 12.7. The van der Waals surface area contributed by atoms with Crippen molar-refractivity contribution < 1.29 is 0 Å². The quantitative estimate of drug-likeness (QED) is 0.704. The molecule has 1 heteroatoms. The number of benzene rings is 1. The molecule has 0 saturated carbocycles. The summed E-state index contributed by atoms with van der Waals surface area (Å²) in [5.41, 5.74) is 2.57. The van der Waals surface area contributed by atoms with Gasteiger partial charge >= 0.3 is 0 Å². The molecule has 1 aromatic carbocycles. The molecule has 15 heavy (non-hydrogen) atoms. The van der Waals surface area contributed by atoms with E-state index in [0.29, 0.717) is 6.04 Å². The van der Waals surface area contributed by atoms with E-state index >= 15 is 0 Å². The van der Waals surface area contributed by atoms with Crippen LogP contribution in [0.2, 0.25) is 0 Å². The third-order valence-electron chi connectivity index (χ3n) is 2.99. The van der Waals surface area contributed by atoms with Gasteiger partial charge in [-0.15, -0.1) is 0 Å². The molecule has 0 fully saturated rings. The van der Waals surface area contributed by atoms with E-state index < -0.39 is 0 Å². The van der Waals surface area contributed by atoms with Crippen LogP contribution in [0.25, 0.3) is 6.08 Å². The van der Waals surface area contributed by atoms with E-state index in [0.717, 1.165) is 13.1 Å². The fourth-order valence-corrected chi connectivity index (χ4v) is 1.93. The molecular weight excluding hydrogens is 182 g/mol. The predicted molar refractivity (Wildman–Crippen MR) is 67.9 cm³/mol. The average molecular weight is 203 g/mol. The fraction of sp³-hybridized carbons (Fsp3) is 0.429. The van der Waals surface area contributed by atoms with Crippen molar-refractivity contribution >= 4 is 6.08 Å². The van der Waals surface area contributed by atoms with Crippen molar-refractivity contribution in [2.75, 3.05) is 13.1 Å². The molecule has 1 aromatic rings. The standard InChI is InChI=1S/C14H21N/c1-5-13-9-8-10-14(11-13)12(4)15(6-2)7-3/h5,8-12H,1,6-7H2,2-4H3. The van der Waals surface area contributed by atoms with Crippen LogP contribution in [0.4, 0.5) is 0 Å². The molecule has 0 spiro atoms. The van der Waals surface area contributed by atoms with Crippen molar-refractivity contribution in [3.63, 3.8) is 0 Å². The van der Waals surface area contributed by atoms with Gasteiger partial charge in [0.05, 0.1) is 0 Å². The Balaban J connectivity index is 2.89. The second-order valence-electron chi connectivity index (χ2n) is 3.77. The molecule has 0 aliphatic rings. The number of rotatable bonds is 5. The summed E-state index contributed by atoms with van der Waals surface area (Å²) >= 11 is 0. The minimum atomic E-state index is 0.486. The van der Waals surface area contributed by atoms with E-state index in [1.165, 1.54) is 11.1 Å². The molecule has 0 amide bonds. The molecular formula is C14H21N. The topological polar surface area (TPSA) is 3.24 Å². The van der Waals surface area contributed by atoms with Gasteiger partial charge in [-0.1, -0.05) is 50.8 Å². The summed E-state index contributed by atoms with van der Waals surface area (Å²) in [6.07, 6.45) is 1.90. The number of nitrogens with zero attached hydrogens (tertiary/aromatic N) is 1. The van der Waals surface area contributed by atoms with Crippen molar-refractivity contribution in [2.45, 2.75) is 26.8 Å². The average Bonchev–Trinajstić information content (AvgIpc) is 2.30. The molecule has 0 radical (unpaired) electrons. The van der Waals surface area contributed by atoms with Crippen molar-refractivity contribution in [3.8, 4) is 0 Å². The van der Waals surface area contributed by atoms with Gasteiger partial charge in [-0.05, 0) is 31.1 Å². The SMILES string of the molecule is C=Cc1cccc(C(C)N(CC)CC)c1. The van der Waals surface area contributed by atoms with Crippen LogP contribution in [0.1, 0.15) is 37.9 Å². The summed E-state index contributed by atoms with van der Waals surface area (Å²) in [5.74, 6) is 0. The minimum absolute atomic E-state index is 0.486. The van der Waals surface area contributed by atoms with Crippen molar-refractivity contribution in [1.82, 2.24) is 4.90 Å². The third-order valence-corrected chi connectivity index (χ3v) is 2.99. The summed E-state index contributed by atoms with van der Waals surface area (Å²) in [5, 5.41) is 0. The third kappa shape index (κ3) is 2.93. The molecule has 1 nitrogen and oxygen atoms in total. The molecule has 0 N–H and O–H groups in total. The van der Waals surface area contributed by atoms with Gasteiger partial charge in [0, 0.05) is 6.04 Å². The van der Waals surface area contributed by atoms with Gasteiger partial charge in [-0.3, -0.25) is 4.90 Å². The van der Waals surface area contributed by atoms with Gasteiger partial charge in [0.15, 0.2) is 0 Å². The van der Waals surface area contributed by atoms with Crippen LogP contribution >= 0.6 is 0 Å². The number of hydrogen-bond acceptors (Lipinski definition) is 1. The Bertz CT molecular complexity index is 313. The lowest BCUT2D eigenvalue weighted by Gasteiger charge is -2.26. The van der Waals surface area contributed by atoms with Gasteiger partial charge in [-0.25, -0.2) is 0 Å². The van der Waals surface area contributed by atoms with Crippen molar-refractivity contribution in [2.24, 2.45) is 0 Å². The summed E-state index contributed by atoms with van der Waals surface area (Å²) < 4.78 is 0. The summed E-state index contributed by atoms with van der Waals surface area (Å²) in [6, 6.07) is 9.09. The first-order chi connectivity index (χ1) is 7.22. The zero-order valence-electron chi connectivity index (χ0n) is 10.0. The molecule has 0 saturated heterocycles. The lowest BCUT2D eigenvalue weighted by Crippen LogP contribution is -2.26. The fourth-order valence-electron chi connectivity index (χ4n) is 1.93. The van der Waals surface area contributed by atoms with Gasteiger partial charge in [0.2, 0.25) is 0 Å². The maximum Gasteiger partial charge on any atom is 0.0319 e. The van der Waals surface area contributed by atoms with Crippen LogP contribution in [0.3, 0.4) is 0 Å². The van der Waals surface area contributed by atoms with E-state index in [-0.39, 0.29) is 0 Å². The molecule has 0 aromatic heterocycles. The lowest BCUT2D eigenvalue weighted by atomic mass is 10.0. The van der Waals surface area contributed by atoms with Crippen molar-refractivity contribution in [1.29, 1.82) is 0 Å². The highest BCUT2D eigenvalue weighted by Gasteiger charge is 2.11. The summed E-state index contributed by atoms with van der Waals surface area (Å²) in [4.78, 5) is 2.45. The minimum Gasteiger partial charge on any atom is -0.297 e. The zero-order chi connectivity index (χ0) is 11.3. The molecule has 1 atom stereocenters. The zero-order valence-corrected chi connectivity index (χ0v) is 10.0. The van der Waals surface area contributed by atoms with Crippen LogP contribution < -0.4 is 0 Å². The van der Waals surface area contributed by atoms with Gasteiger partial charge in [-0.2, -0.15) is 0 Å². The van der Waals surface area contributed by atoms with Crippen molar-refractivity contribution in [3.05, 3.63) is 42.0 Å². The maximum atomic E-state index is 3.80. The summed E-state index contributed by atoms with van der Waals surface area (Å²) in [7, 11) is 0. The second-order valence-corrected chi connectivity index (χ2v) is 3.77. The Morgan fingerprint density at radius 2 is 2.00 bits per heavy atom. The normalized spacial score (nSPS) is 12.8. The Kier molecular flexibility index (Phi) is 4.57. The Morgan fingerprint density at radius 3 is 2.53 bits per heavy atom. The first-order valence-corrected chi connectivity index (χ1v) is 5.69. The Hall–Kier alpha value is -1.08. The van der Waals surface area contributed by atoms with E-state index in [9.17, 15) is 0 Å². The van der Waals surface area contributed by atoms with E-state index in [1.807, 2.05) is 6.08 Å². The molecule has 1 unspecified atom stereocenters. The molecule has 0 aliphatic heterocycles. The van der Waals surface area contributed by atoms with E-state index in [4.69, 9.17) is 0 Å².